The predicted octanol–water partition coefficient (Wildman–Crippen LogP) is 4.55. The summed E-state index contributed by atoms with van der Waals surface area (Å²) >= 11 is 0. The number of fused-ring (bicyclic) bond motifs is 2. The zero-order valence-electron chi connectivity index (χ0n) is 17.7. The SMILES string of the molecule is CC1=C(CN2CC(C(=O)O)C2)CCc2cc(OCc3ccc4cccnc4c3)ccc21. The maximum absolute atomic E-state index is 11.0. The van der Waals surface area contributed by atoms with Gasteiger partial charge in [0.05, 0.1) is 11.4 Å². The number of allylic oxidation sites excluding steroid dienone is 1. The van der Waals surface area contributed by atoms with Crippen molar-refractivity contribution < 1.29 is 14.6 Å². The second kappa shape index (κ2) is 8.16. The first-order valence-corrected chi connectivity index (χ1v) is 10.8. The van der Waals surface area contributed by atoms with Crippen LogP contribution in [-0.2, 0) is 17.8 Å². The fourth-order valence-corrected chi connectivity index (χ4v) is 4.59. The zero-order chi connectivity index (χ0) is 21.4. The summed E-state index contributed by atoms with van der Waals surface area (Å²) in [5, 5.41) is 10.2. The summed E-state index contributed by atoms with van der Waals surface area (Å²) in [5.74, 6) is 0.0152. The van der Waals surface area contributed by atoms with Crippen molar-refractivity contribution in [3.63, 3.8) is 0 Å². The largest absolute Gasteiger partial charge is 0.489 e. The molecule has 0 atom stereocenters. The van der Waals surface area contributed by atoms with Gasteiger partial charge in [-0.15, -0.1) is 0 Å². The van der Waals surface area contributed by atoms with E-state index in [0.29, 0.717) is 19.7 Å². The van der Waals surface area contributed by atoms with Crippen LogP contribution in [-0.4, -0.2) is 40.6 Å². The number of carboxylic acids is 1. The Morgan fingerprint density at radius 2 is 2.03 bits per heavy atom. The van der Waals surface area contributed by atoms with Gasteiger partial charge in [0, 0.05) is 31.2 Å². The van der Waals surface area contributed by atoms with Gasteiger partial charge >= 0.3 is 5.97 Å². The Balaban J connectivity index is 1.25. The van der Waals surface area contributed by atoms with Gasteiger partial charge in [0.2, 0.25) is 0 Å². The number of hydrogen-bond acceptors (Lipinski definition) is 4. The standard InChI is InChI=1S/C26H26N2O3/c1-17-21(13-28-14-22(15-28)26(29)30)7-6-20-12-23(8-9-24(17)20)31-16-18-4-5-19-3-2-10-27-25(19)11-18/h2-5,8-12,22H,6-7,13-16H2,1H3,(H,29,30). The van der Waals surface area contributed by atoms with Crippen LogP contribution in [0.15, 0.2) is 60.3 Å². The van der Waals surface area contributed by atoms with E-state index in [1.807, 2.05) is 12.3 Å². The van der Waals surface area contributed by atoms with Gasteiger partial charge in [0.25, 0.3) is 0 Å². The number of aliphatic carboxylic acids is 1. The van der Waals surface area contributed by atoms with E-state index in [1.165, 1.54) is 22.3 Å². The summed E-state index contributed by atoms with van der Waals surface area (Å²) in [4.78, 5) is 17.7. The summed E-state index contributed by atoms with van der Waals surface area (Å²) in [6.45, 7) is 4.91. The molecule has 1 N–H and O–H groups in total. The molecule has 0 saturated carbocycles. The average Bonchev–Trinajstić information content (AvgIpc) is 2.75. The molecule has 31 heavy (non-hydrogen) atoms. The quantitative estimate of drug-likeness (QED) is 0.641. The molecule has 0 radical (unpaired) electrons. The lowest BCUT2D eigenvalue weighted by molar-refractivity contribution is -0.147. The molecule has 0 bridgehead atoms. The van der Waals surface area contributed by atoms with Gasteiger partial charge in [-0.1, -0.05) is 29.8 Å². The average molecular weight is 415 g/mol. The van der Waals surface area contributed by atoms with Crippen LogP contribution in [0.5, 0.6) is 5.75 Å². The third-order valence-electron chi connectivity index (χ3n) is 6.50. The first kappa shape index (κ1) is 19.8. The number of rotatable bonds is 6. The van der Waals surface area contributed by atoms with Crippen LogP contribution in [0.2, 0.25) is 0 Å². The highest BCUT2D eigenvalue weighted by molar-refractivity contribution is 5.78. The van der Waals surface area contributed by atoms with Crippen LogP contribution in [0.1, 0.15) is 30.0 Å². The molecule has 1 aliphatic carbocycles. The van der Waals surface area contributed by atoms with Gasteiger partial charge in [0.15, 0.2) is 0 Å². The molecule has 158 valence electrons. The summed E-state index contributed by atoms with van der Waals surface area (Å²) in [5.41, 5.74) is 7.46. The van der Waals surface area contributed by atoms with E-state index in [9.17, 15) is 4.79 Å². The number of aryl methyl sites for hydroxylation is 1. The van der Waals surface area contributed by atoms with Gasteiger partial charge in [-0.25, -0.2) is 0 Å². The smallest absolute Gasteiger partial charge is 0.309 e. The Morgan fingerprint density at radius 3 is 2.87 bits per heavy atom. The van der Waals surface area contributed by atoms with Crippen LogP contribution in [0.3, 0.4) is 0 Å². The van der Waals surface area contributed by atoms with Crippen LogP contribution in [0, 0.1) is 5.92 Å². The molecule has 5 rings (SSSR count). The van der Waals surface area contributed by atoms with Crippen LogP contribution < -0.4 is 4.74 Å². The topological polar surface area (TPSA) is 62.7 Å². The molecule has 1 aliphatic heterocycles. The van der Waals surface area contributed by atoms with Crippen molar-refractivity contribution in [2.24, 2.45) is 5.92 Å². The van der Waals surface area contributed by atoms with Crippen molar-refractivity contribution in [1.82, 2.24) is 9.88 Å². The van der Waals surface area contributed by atoms with E-state index in [4.69, 9.17) is 9.84 Å². The second-order valence-corrected chi connectivity index (χ2v) is 8.60. The lowest BCUT2D eigenvalue weighted by Gasteiger charge is -2.38. The monoisotopic (exact) mass is 414 g/mol. The minimum absolute atomic E-state index is 0.199. The number of benzene rings is 2. The van der Waals surface area contributed by atoms with Crippen molar-refractivity contribution in [2.45, 2.75) is 26.4 Å². The van der Waals surface area contributed by atoms with E-state index in [-0.39, 0.29) is 5.92 Å². The number of ether oxygens (including phenoxy) is 1. The molecule has 3 aromatic rings. The Kier molecular flexibility index (Phi) is 5.20. The van der Waals surface area contributed by atoms with Crippen LogP contribution in [0.25, 0.3) is 16.5 Å². The van der Waals surface area contributed by atoms with Gasteiger partial charge < -0.3 is 9.84 Å². The predicted molar refractivity (Wildman–Crippen MR) is 121 cm³/mol. The van der Waals surface area contributed by atoms with Crippen LogP contribution in [0.4, 0.5) is 0 Å². The number of carboxylic acid groups (broad SMARTS) is 1. The molecule has 2 heterocycles. The van der Waals surface area contributed by atoms with Gasteiger partial charge in [-0.05, 0) is 66.3 Å². The summed E-state index contributed by atoms with van der Waals surface area (Å²) in [6.07, 6.45) is 3.83. The molecule has 5 nitrogen and oxygen atoms in total. The molecule has 2 aliphatic rings. The Morgan fingerprint density at radius 1 is 1.16 bits per heavy atom. The minimum Gasteiger partial charge on any atom is -0.489 e. The highest BCUT2D eigenvalue weighted by atomic mass is 16.5. The highest BCUT2D eigenvalue weighted by Gasteiger charge is 2.33. The molecule has 0 amide bonds. The summed E-state index contributed by atoms with van der Waals surface area (Å²) < 4.78 is 6.09. The molecule has 1 fully saturated rings. The van der Waals surface area contributed by atoms with Gasteiger partial charge in [0.1, 0.15) is 12.4 Å². The molecule has 5 heteroatoms. The first-order chi connectivity index (χ1) is 15.1. The molecule has 1 saturated heterocycles. The molecule has 1 aromatic heterocycles. The van der Waals surface area contributed by atoms with E-state index >= 15 is 0 Å². The molecule has 0 spiro atoms. The van der Waals surface area contributed by atoms with E-state index < -0.39 is 5.97 Å². The zero-order valence-corrected chi connectivity index (χ0v) is 17.7. The highest BCUT2D eigenvalue weighted by Crippen LogP contribution is 2.34. The van der Waals surface area contributed by atoms with Crippen molar-refractivity contribution in [1.29, 1.82) is 0 Å². The summed E-state index contributed by atoms with van der Waals surface area (Å²) in [7, 11) is 0. The fraction of sp³-hybridized carbons (Fsp3) is 0.308. The van der Waals surface area contributed by atoms with E-state index in [0.717, 1.165) is 41.6 Å². The van der Waals surface area contributed by atoms with Gasteiger partial charge in [-0.3, -0.25) is 14.7 Å². The summed E-state index contributed by atoms with van der Waals surface area (Å²) in [6, 6.07) is 16.6. The van der Waals surface area contributed by atoms with Gasteiger partial charge in [-0.2, -0.15) is 0 Å². The number of nitrogens with zero attached hydrogens (tertiary/aromatic N) is 2. The lowest BCUT2D eigenvalue weighted by atomic mass is 9.85. The molecular weight excluding hydrogens is 388 g/mol. The Hall–Kier alpha value is -3.18. The van der Waals surface area contributed by atoms with E-state index in [1.54, 1.807) is 0 Å². The Labute approximate surface area is 182 Å². The number of carbonyl (C=O) groups is 1. The number of hydrogen-bond donors (Lipinski definition) is 1. The fourth-order valence-electron chi connectivity index (χ4n) is 4.59. The number of aromatic nitrogens is 1. The third-order valence-corrected chi connectivity index (χ3v) is 6.50. The lowest BCUT2D eigenvalue weighted by Crippen LogP contribution is -2.50. The molecule has 2 aromatic carbocycles. The van der Waals surface area contributed by atoms with Crippen molar-refractivity contribution in [3.05, 3.63) is 77.0 Å². The molecular formula is C26H26N2O3. The minimum atomic E-state index is -0.677. The maximum atomic E-state index is 11.0. The number of likely N-dealkylation sites (tertiary alicyclic amines) is 1. The van der Waals surface area contributed by atoms with Crippen molar-refractivity contribution >= 4 is 22.4 Å². The third kappa shape index (κ3) is 4.06. The first-order valence-electron chi connectivity index (χ1n) is 10.8. The van der Waals surface area contributed by atoms with E-state index in [2.05, 4.69) is 59.3 Å². The van der Waals surface area contributed by atoms with Crippen LogP contribution >= 0.6 is 0 Å². The van der Waals surface area contributed by atoms with Crippen molar-refractivity contribution in [3.8, 4) is 5.75 Å². The number of pyridine rings is 1. The Bertz CT molecular complexity index is 1180. The molecule has 0 unspecified atom stereocenters. The van der Waals surface area contributed by atoms with Crippen molar-refractivity contribution in [2.75, 3.05) is 19.6 Å². The normalized spacial score (nSPS) is 16.8. The maximum Gasteiger partial charge on any atom is 0.309 e. The second-order valence-electron chi connectivity index (χ2n) is 8.60.